The molecule has 0 aliphatic carbocycles. The lowest BCUT2D eigenvalue weighted by atomic mass is 10.1. The predicted octanol–water partition coefficient (Wildman–Crippen LogP) is 5.03. The number of carbonyl (C=O) groups is 1. The summed E-state index contributed by atoms with van der Waals surface area (Å²) in [5, 5.41) is 4.12. The summed E-state index contributed by atoms with van der Waals surface area (Å²) in [7, 11) is 0. The third-order valence-corrected chi connectivity index (χ3v) is 5.85. The van der Waals surface area contributed by atoms with Gasteiger partial charge in [0.1, 0.15) is 20.9 Å². The zero-order chi connectivity index (χ0) is 20.7. The van der Waals surface area contributed by atoms with Gasteiger partial charge in [-0.25, -0.2) is 9.97 Å². The second-order valence-electron chi connectivity index (χ2n) is 6.75. The largest absolute Gasteiger partial charge is 0.451 e. The Morgan fingerprint density at radius 3 is 2.80 bits per heavy atom. The van der Waals surface area contributed by atoms with Gasteiger partial charge in [0, 0.05) is 23.5 Å². The first-order valence-corrected chi connectivity index (χ1v) is 10.1. The molecular weight excluding hydrogens is 398 g/mol. The number of rotatable bonds is 3. The van der Waals surface area contributed by atoms with Gasteiger partial charge in [0.25, 0.3) is 5.91 Å². The Hall–Kier alpha value is -3.84. The highest BCUT2D eigenvalue weighted by Crippen LogP contribution is 2.33. The second kappa shape index (κ2) is 7.20. The third-order valence-electron chi connectivity index (χ3n) is 4.84. The number of carbonyl (C=O) groups excluding carboxylic acids is 1. The normalized spacial score (nSPS) is 11.1. The highest BCUT2D eigenvalue weighted by molar-refractivity contribution is 7.21. The molecule has 5 aromatic rings. The molecule has 5 rings (SSSR count). The van der Waals surface area contributed by atoms with Crippen molar-refractivity contribution in [2.45, 2.75) is 6.92 Å². The summed E-state index contributed by atoms with van der Waals surface area (Å²) in [5.41, 5.74) is 3.37. The van der Waals surface area contributed by atoms with Gasteiger partial charge in [0.15, 0.2) is 11.2 Å². The number of pyridine rings is 1. The fourth-order valence-corrected chi connectivity index (χ4v) is 4.28. The number of nitrogens with one attached hydrogen (secondary N) is 1. The topological polar surface area (TPSA) is 85.1 Å². The Morgan fingerprint density at radius 1 is 1.07 bits per heavy atom. The van der Waals surface area contributed by atoms with Crippen molar-refractivity contribution in [3.8, 4) is 10.6 Å². The van der Waals surface area contributed by atoms with E-state index < -0.39 is 5.91 Å². The summed E-state index contributed by atoms with van der Waals surface area (Å²) < 4.78 is 5.64. The van der Waals surface area contributed by atoms with Crippen LogP contribution in [0.1, 0.15) is 16.1 Å². The lowest BCUT2D eigenvalue weighted by molar-refractivity contribution is 0.0997. The molecule has 0 bridgehead atoms. The molecule has 30 heavy (non-hydrogen) atoms. The number of aromatic nitrogens is 2. The first-order chi connectivity index (χ1) is 14.6. The van der Waals surface area contributed by atoms with Gasteiger partial charge in [-0.1, -0.05) is 35.6 Å². The number of hydrogen-bond donors (Lipinski definition) is 1. The molecule has 2 aromatic carbocycles. The Kier molecular flexibility index (Phi) is 4.37. The Morgan fingerprint density at radius 2 is 1.93 bits per heavy atom. The third kappa shape index (κ3) is 3.15. The van der Waals surface area contributed by atoms with Gasteiger partial charge in [-0.15, -0.1) is 0 Å². The number of nitrogens with zero attached hydrogens (tertiary/aromatic N) is 2. The van der Waals surface area contributed by atoms with Crippen LogP contribution >= 0.6 is 11.3 Å². The molecule has 0 aliphatic rings. The first kappa shape index (κ1) is 18.2. The van der Waals surface area contributed by atoms with Crippen molar-refractivity contribution in [1.82, 2.24) is 9.97 Å². The van der Waals surface area contributed by atoms with Crippen molar-refractivity contribution in [3.63, 3.8) is 0 Å². The van der Waals surface area contributed by atoms with Crippen LogP contribution in [0.3, 0.4) is 0 Å². The van der Waals surface area contributed by atoms with Gasteiger partial charge in [0.05, 0.1) is 5.39 Å². The Balaban J connectivity index is 1.50. The highest BCUT2D eigenvalue weighted by Gasteiger charge is 2.16. The average molecular weight is 413 g/mol. The molecule has 3 heterocycles. The molecule has 0 aliphatic heterocycles. The first-order valence-electron chi connectivity index (χ1n) is 9.26. The number of thiazole rings is 1. The molecule has 0 saturated carbocycles. The number of hydrogen-bond acceptors (Lipinski definition) is 6. The minimum atomic E-state index is -0.482. The van der Waals surface area contributed by atoms with E-state index in [-0.39, 0.29) is 11.2 Å². The van der Waals surface area contributed by atoms with Crippen LogP contribution in [0, 0.1) is 6.92 Å². The minimum Gasteiger partial charge on any atom is -0.451 e. The van der Waals surface area contributed by atoms with E-state index in [0.29, 0.717) is 16.7 Å². The van der Waals surface area contributed by atoms with Gasteiger partial charge >= 0.3 is 0 Å². The van der Waals surface area contributed by atoms with E-state index in [1.165, 1.54) is 17.4 Å². The molecule has 1 amide bonds. The van der Waals surface area contributed by atoms with Crippen LogP contribution in [0.15, 0.2) is 76.1 Å². The van der Waals surface area contributed by atoms with E-state index in [4.69, 9.17) is 4.42 Å². The van der Waals surface area contributed by atoms with E-state index >= 15 is 0 Å². The maximum atomic E-state index is 12.8. The lowest BCUT2D eigenvalue weighted by Gasteiger charge is -2.11. The van der Waals surface area contributed by atoms with Crippen LogP contribution in [-0.4, -0.2) is 15.9 Å². The van der Waals surface area contributed by atoms with Gasteiger partial charge in [0.2, 0.25) is 0 Å². The van der Waals surface area contributed by atoms with Gasteiger partial charge in [-0.2, -0.15) is 0 Å². The molecule has 1 N–H and O–H groups in total. The van der Waals surface area contributed by atoms with Crippen molar-refractivity contribution < 1.29 is 9.21 Å². The predicted molar refractivity (Wildman–Crippen MR) is 118 cm³/mol. The summed E-state index contributed by atoms with van der Waals surface area (Å²) in [6, 6.07) is 17.5. The van der Waals surface area contributed by atoms with Crippen LogP contribution in [-0.2, 0) is 0 Å². The fourth-order valence-electron chi connectivity index (χ4n) is 3.29. The molecule has 0 radical (unpaired) electrons. The minimum absolute atomic E-state index is 0.0345. The maximum absolute atomic E-state index is 12.8. The SMILES string of the molecule is Cc1c(NC(=O)c2cc(=O)c3ccccc3o2)cccc1-c1nc2cccnc2s1. The van der Waals surface area contributed by atoms with Crippen molar-refractivity contribution >= 4 is 44.2 Å². The monoisotopic (exact) mass is 413 g/mol. The molecule has 6 nitrogen and oxygen atoms in total. The van der Waals surface area contributed by atoms with E-state index in [1.54, 1.807) is 30.5 Å². The summed E-state index contributed by atoms with van der Waals surface area (Å²) in [6.45, 7) is 1.92. The van der Waals surface area contributed by atoms with Crippen LogP contribution in [0.25, 0.3) is 31.9 Å². The van der Waals surface area contributed by atoms with E-state index in [0.717, 1.165) is 26.5 Å². The molecular formula is C23H15N3O3S. The van der Waals surface area contributed by atoms with E-state index in [1.807, 2.05) is 37.3 Å². The molecule has 0 atom stereocenters. The quantitative estimate of drug-likeness (QED) is 0.449. The summed E-state index contributed by atoms with van der Waals surface area (Å²) in [5.74, 6) is -0.517. The molecule has 0 unspecified atom stereocenters. The molecule has 0 saturated heterocycles. The number of anilines is 1. The summed E-state index contributed by atoms with van der Waals surface area (Å²) in [4.78, 5) is 34.9. The second-order valence-corrected chi connectivity index (χ2v) is 7.73. The average Bonchev–Trinajstić information content (AvgIpc) is 3.19. The van der Waals surface area contributed by atoms with Crippen LogP contribution in [0.5, 0.6) is 0 Å². The molecule has 3 aromatic heterocycles. The van der Waals surface area contributed by atoms with E-state index in [9.17, 15) is 9.59 Å². The number of amides is 1. The molecule has 146 valence electrons. The Bertz CT molecular complexity index is 1450. The maximum Gasteiger partial charge on any atom is 0.291 e. The number of fused-ring (bicyclic) bond motifs is 2. The summed E-state index contributed by atoms with van der Waals surface area (Å²) >= 11 is 1.50. The van der Waals surface area contributed by atoms with Crippen LogP contribution < -0.4 is 10.7 Å². The van der Waals surface area contributed by atoms with Crippen LogP contribution in [0.4, 0.5) is 5.69 Å². The van der Waals surface area contributed by atoms with Crippen molar-refractivity contribution in [2.24, 2.45) is 0 Å². The highest BCUT2D eigenvalue weighted by atomic mass is 32.1. The van der Waals surface area contributed by atoms with Crippen molar-refractivity contribution in [1.29, 1.82) is 0 Å². The van der Waals surface area contributed by atoms with Gasteiger partial charge < -0.3 is 9.73 Å². The van der Waals surface area contributed by atoms with Crippen molar-refractivity contribution in [2.75, 3.05) is 5.32 Å². The fraction of sp³-hybridized carbons (Fsp3) is 0.0435. The van der Waals surface area contributed by atoms with Gasteiger partial charge in [-0.05, 0) is 42.8 Å². The molecule has 0 fully saturated rings. The van der Waals surface area contributed by atoms with Gasteiger partial charge in [-0.3, -0.25) is 9.59 Å². The standard InChI is InChI=1S/C23H15N3O3S/c1-13-14(22-26-17-9-5-11-24-23(17)30-22)7-4-8-16(13)25-21(28)20-12-18(27)15-6-2-3-10-19(15)29-20/h2-12H,1H3,(H,25,28). The summed E-state index contributed by atoms with van der Waals surface area (Å²) in [6.07, 6.45) is 1.74. The molecule has 0 spiro atoms. The number of benzene rings is 2. The zero-order valence-electron chi connectivity index (χ0n) is 15.9. The zero-order valence-corrected chi connectivity index (χ0v) is 16.7. The van der Waals surface area contributed by atoms with E-state index in [2.05, 4.69) is 15.3 Å². The van der Waals surface area contributed by atoms with Crippen LogP contribution in [0.2, 0.25) is 0 Å². The lowest BCUT2D eigenvalue weighted by Crippen LogP contribution is -2.15. The number of para-hydroxylation sites is 1. The molecule has 7 heteroatoms. The Labute approximate surface area is 174 Å². The van der Waals surface area contributed by atoms with Crippen molar-refractivity contribution in [3.05, 3.63) is 88.4 Å². The smallest absolute Gasteiger partial charge is 0.291 e.